The van der Waals surface area contributed by atoms with E-state index in [2.05, 4.69) is 33.4 Å². The average molecular weight is 457 g/mol. The number of hydrogen-bond donors (Lipinski definition) is 0. The summed E-state index contributed by atoms with van der Waals surface area (Å²) in [7, 11) is 0. The molecule has 0 saturated carbocycles. The van der Waals surface area contributed by atoms with Crippen LogP contribution in [0.4, 0.5) is 0 Å². The van der Waals surface area contributed by atoms with Crippen molar-refractivity contribution >= 4 is 18.4 Å². The first-order valence-electron chi connectivity index (χ1n) is 10.7. The summed E-state index contributed by atoms with van der Waals surface area (Å²) in [5.41, 5.74) is 1.41. The van der Waals surface area contributed by atoms with E-state index in [0.29, 0.717) is 0 Å². The third-order valence-electron chi connectivity index (χ3n) is 5.60. The molecule has 1 aliphatic rings. The summed E-state index contributed by atoms with van der Waals surface area (Å²) < 4.78 is 17.6. The molecule has 25 heavy (non-hydrogen) atoms. The van der Waals surface area contributed by atoms with Gasteiger partial charge in [-0.25, -0.2) is 0 Å². The fourth-order valence-electron chi connectivity index (χ4n) is 3.79. The predicted octanol–water partition coefficient (Wildman–Crippen LogP) is 6.68. The Morgan fingerprint density at radius 1 is 1.08 bits per heavy atom. The first-order chi connectivity index (χ1) is 12.2. The molecule has 0 saturated heterocycles. The second kappa shape index (κ2) is 14.3. The van der Waals surface area contributed by atoms with Crippen molar-refractivity contribution in [3.63, 3.8) is 0 Å². The molecule has 1 aliphatic heterocycles. The minimum atomic E-state index is -2.29. The van der Waals surface area contributed by atoms with Gasteiger partial charge in [-0.05, 0) is 0 Å². The van der Waals surface area contributed by atoms with Crippen molar-refractivity contribution < 1.29 is 9.47 Å². The summed E-state index contributed by atoms with van der Waals surface area (Å²) in [4.78, 5) is 0. The zero-order valence-corrected chi connectivity index (χ0v) is 20.1. The van der Waals surface area contributed by atoms with Crippen LogP contribution in [0.5, 0.6) is 0 Å². The van der Waals surface area contributed by atoms with E-state index >= 15 is 0 Å². The molecule has 0 amide bonds. The van der Waals surface area contributed by atoms with E-state index < -0.39 is 18.4 Å². The molecule has 1 rings (SSSR count). The molecule has 0 aromatic carbocycles. The molecular formula is C22H42O2Sn. The zero-order chi connectivity index (χ0) is 18.4. The van der Waals surface area contributed by atoms with Gasteiger partial charge < -0.3 is 0 Å². The molecule has 3 heteroatoms. The molecule has 0 bridgehead atoms. The van der Waals surface area contributed by atoms with Crippen molar-refractivity contribution in [2.75, 3.05) is 26.4 Å². The maximum atomic E-state index is 6.10. The van der Waals surface area contributed by atoms with Crippen LogP contribution in [0.2, 0.25) is 13.3 Å². The fourth-order valence-corrected chi connectivity index (χ4v) is 18.9. The van der Waals surface area contributed by atoms with Gasteiger partial charge in [-0.2, -0.15) is 0 Å². The molecule has 0 N–H and O–H groups in total. The molecule has 0 fully saturated rings. The Balaban J connectivity index is 2.54. The maximum absolute atomic E-state index is 6.10. The van der Waals surface area contributed by atoms with E-state index in [0.717, 1.165) is 39.3 Å². The summed E-state index contributed by atoms with van der Waals surface area (Å²) in [6.07, 6.45) is 12.6. The first-order valence-corrected chi connectivity index (χ1v) is 18.2. The minimum absolute atomic E-state index is 0.803. The van der Waals surface area contributed by atoms with Gasteiger partial charge in [0.25, 0.3) is 0 Å². The van der Waals surface area contributed by atoms with Gasteiger partial charge in [0.05, 0.1) is 0 Å². The van der Waals surface area contributed by atoms with Crippen molar-refractivity contribution in [3.05, 3.63) is 21.8 Å². The van der Waals surface area contributed by atoms with E-state index in [1.165, 1.54) is 57.4 Å². The van der Waals surface area contributed by atoms with Gasteiger partial charge in [0.1, 0.15) is 0 Å². The summed E-state index contributed by atoms with van der Waals surface area (Å²) in [5.74, 6) is 0. The van der Waals surface area contributed by atoms with E-state index in [1.807, 2.05) is 0 Å². The van der Waals surface area contributed by atoms with Gasteiger partial charge in [-0.15, -0.1) is 0 Å². The summed E-state index contributed by atoms with van der Waals surface area (Å²) in [6, 6.07) is 0. The van der Waals surface area contributed by atoms with Crippen LogP contribution in [0.3, 0.4) is 0 Å². The van der Waals surface area contributed by atoms with Crippen LogP contribution in [0.25, 0.3) is 0 Å². The first kappa shape index (κ1) is 23.2. The molecule has 1 heterocycles. The Bertz CT molecular complexity index is 368. The van der Waals surface area contributed by atoms with Gasteiger partial charge in [0.2, 0.25) is 0 Å². The van der Waals surface area contributed by atoms with Crippen LogP contribution in [0, 0.1) is 0 Å². The van der Waals surface area contributed by atoms with Crippen molar-refractivity contribution in [1.82, 2.24) is 0 Å². The van der Waals surface area contributed by atoms with Crippen LogP contribution in [-0.2, 0) is 9.47 Å². The molecular weight excluding hydrogens is 415 g/mol. The van der Waals surface area contributed by atoms with Crippen LogP contribution in [0.1, 0.15) is 72.1 Å². The Hall–Kier alpha value is 0.199. The average Bonchev–Trinajstić information content (AvgIpc) is 2.65. The summed E-state index contributed by atoms with van der Waals surface area (Å²) in [5, 5.41) is 0. The van der Waals surface area contributed by atoms with Gasteiger partial charge in [-0.3, -0.25) is 0 Å². The van der Waals surface area contributed by atoms with Crippen LogP contribution < -0.4 is 0 Å². The van der Waals surface area contributed by atoms with E-state index in [1.54, 1.807) is 3.59 Å². The number of hydrogen-bond acceptors (Lipinski definition) is 2. The van der Waals surface area contributed by atoms with Crippen molar-refractivity contribution in [3.8, 4) is 0 Å². The topological polar surface area (TPSA) is 18.5 Å². The SMILES string of the molecule is C=[C](COCCC1=CCCOC1)[Sn]([CH2]CCC)([CH2]CCC)[CH2]CCC. The van der Waals surface area contributed by atoms with Crippen molar-refractivity contribution in [1.29, 1.82) is 0 Å². The Labute approximate surface area is 161 Å². The van der Waals surface area contributed by atoms with Crippen LogP contribution >= 0.6 is 0 Å². The molecule has 146 valence electrons. The number of ether oxygens (including phenoxy) is 2. The van der Waals surface area contributed by atoms with E-state index in [-0.39, 0.29) is 0 Å². The fraction of sp³-hybridized carbons (Fsp3) is 0.818. The quantitative estimate of drug-likeness (QED) is 0.155. The zero-order valence-electron chi connectivity index (χ0n) is 17.2. The van der Waals surface area contributed by atoms with E-state index in [4.69, 9.17) is 9.47 Å². The Morgan fingerprint density at radius 3 is 2.16 bits per heavy atom. The third kappa shape index (κ3) is 9.10. The monoisotopic (exact) mass is 458 g/mol. The normalized spacial score (nSPS) is 15.2. The van der Waals surface area contributed by atoms with Crippen molar-refractivity contribution in [2.45, 2.75) is 85.4 Å². The van der Waals surface area contributed by atoms with Gasteiger partial charge >= 0.3 is 162 Å². The van der Waals surface area contributed by atoms with Gasteiger partial charge in [0.15, 0.2) is 0 Å². The second-order valence-corrected chi connectivity index (χ2v) is 21.3. The van der Waals surface area contributed by atoms with Gasteiger partial charge in [0, 0.05) is 0 Å². The van der Waals surface area contributed by atoms with Crippen molar-refractivity contribution in [2.24, 2.45) is 0 Å². The molecule has 0 aromatic heterocycles. The molecule has 0 aromatic rings. The summed E-state index contributed by atoms with van der Waals surface area (Å²) >= 11 is -2.29. The molecule has 0 atom stereocenters. The Morgan fingerprint density at radius 2 is 1.68 bits per heavy atom. The molecule has 0 unspecified atom stereocenters. The van der Waals surface area contributed by atoms with E-state index in [9.17, 15) is 0 Å². The molecule has 2 nitrogen and oxygen atoms in total. The number of rotatable bonds is 15. The molecule has 0 spiro atoms. The third-order valence-corrected chi connectivity index (χ3v) is 21.5. The standard InChI is InChI=1S/C10H15O2.3C4H9.Sn/c1-2-6-11-8-5-10-4-3-7-12-9-10;3*1-3-4-2;/h4H,1,3,5-9H2;3*1,3-4H2,2H3;. The van der Waals surface area contributed by atoms with Crippen LogP contribution in [-0.4, -0.2) is 44.8 Å². The number of unbranched alkanes of at least 4 members (excludes halogenated alkanes) is 3. The second-order valence-electron chi connectivity index (χ2n) is 7.70. The van der Waals surface area contributed by atoms with Crippen LogP contribution in [0.15, 0.2) is 21.8 Å². The Kier molecular flexibility index (Phi) is 13.3. The molecule has 0 aliphatic carbocycles. The summed E-state index contributed by atoms with van der Waals surface area (Å²) in [6.45, 7) is 14.9. The predicted molar refractivity (Wildman–Crippen MR) is 113 cm³/mol. The molecule has 0 radical (unpaired) electrons. The van der Waals surface area contributed by atoms with Gasteiger partial charge in [-0.1, -0.05) is 0 Å².